The first-order chi connectivity index (χ1) is 5.69. The largest absolute Gasteiger partial charge is 0.207 e. The highest BCUT2D eigenvalue weighted by molar-refractivity contribution is 9.09. The third-order valence-electron chi connectivity index (χ3n) is 1.53. The zero-order valence-electron chi connectivity index (χ0n) is 6.08. The normalized spacial score (nSPS) is 10.3. The predicted octanol–water partition coefficient (Wildman–Crippen LogP) is 4.27. The van der Waals surface area contributed by atoms with Gasteiger partial charge in [0.2, 0.25) is 0 Å². The van der Waals surface area contributed by atoms with E-state index in [0.29, 0.717) is 21.2 Å². The van der Waals surface area contributed by atoms with Gasteiger partial charge in [0.05, 0.1) is 0 Å². The van der Waals surface area contributed by atoms with E-state index in [1.54, 1.807) is 6.07 Å². The SMILES string of the molecule is Fc1cc(Cl)cc(CBr)c1CBr. The molecule has 0 nitrogen and oxygen atoms in total. The highest BCUT2D eigenvalue weighted by Gasteiger charge is 2.07. The van der Waals surface area contributed by atoms with E-state index in [1.807, 2.05) is 0 Å². The molecule has 0 saturated heterocycles. The molecule has 0 N–H and O–H groups in total. The molecule has 0 aliphatic rings. The van der Waals surface area contributed by atoms with Crippen LogP contribution in [0.1, 0.15) is 11.1 Å². The van der Waals surface area contributed by atoms with Gasteiger partial charge in [-0.3, -0.25) is 0 Å². The van der Waals surface area contributed by atoms with E-state index in [9.17, 15) is 4.39 Å². The lowest BCUT2D eigenvalue weighted by atomic mass is 10.1. The third kappa shape index (κ3) is 2.21. The minimum absolute atomic E-state index is 0.256. The lowest BCUT2D eigenvalue weighted by Gasteiger charge is -2.05. The zero-order valence-corrected chi connectivity index (χ0v) is 10.0. The van der Waals surface area contributed by atoms with E-state index in [1.165, 1.54) is 6.07 Å². The van der Waals surface area contributed by atoms with Gasteiger partial charge in [0, 0.05) is 21.2 Å². The first-order valence-corrected chi connectivity index (χ1v) is 5.90. The molecule has 0 aliphatic heterocycles. The molecule has 1 aromatic rings. The van der Waals surface area contributed by atoms with Crippen LogP contribution in [0.5, 0.6) is 0 Å². The van der Waals surface area contributed by atoms with Gasteiger partial charge in [-0.05, 0) is 17.7 Å². The quantitative estimate of drug-likeness (QED) is 0.715. The molecule has 66 valence electrons. The molecule has 0 radical (unpaired) electrons. The van der Waals surface area contributed by atoms with Gasteiger partial charge in [-0.2, -0.15) is 0 Å². The molecular formula is C8H6Br2ClF. The molecule has 0 fully saturated rings. The van der Waals surface area contributed by atoms with Crippen LogP contribution in [0.25, 0.3) is 0 Å². The molecule has 0 atom stereocenters. The fraction of sp³-hybridized carbons (Fsp3) is 0.250. The van der Waals surface area contributed by atoms with Gasteiger partial charge in [0.15, 0.2) is 0 Å². The second kappa shape index (κ2) is 4.58. The number of benzene rings is 1. The Morgan fingerprint density at radius 2 is 1.92 bits per heavy atom. The highest BCUT2D eigenvalue weighted by atomic mass is 79.9. The molecular weight excluding hydrogens is 310 g/mol. The van der Waals surface area contributed by atoms with Gasteiger partial charge in [-0.25, -0.2) is 4.39 Å². The van der Waals surface area contributed by atoms with Crippen LogP contribution in [0.3, 0.4) is 0 Å². The molecule has 0 saturated carbocycles. The van der Waals surface area contributed by atoms with Gasteiger partial charge < -0.3 is 0 Å². The minimum Gasteiger partial charge on any atom is -0.207 e. The molecule has 12 heavy (non-hydrogen) atoms. The van der Waals surface area contributed by atoms with Crippen LogP contribution in [0.4, 0.5) is 4.39 Å². The molecule has 0 aromatic heterocycles. The van der Waals surface area contributed by atoms with E-state index in [2.05, 4.69) is 31.9 Å². The molecule has 1 rings (SSSR count). The van der Waals surface area contributed by atoms with Crippen molar-refractivity contribution in [2.24, 2.45) is 0 Å². The van der Waals surface area contributed by atoms with Crippen molar-refractivity contribution < 1.29 is 4.39 Å². The van der Waals surface area contributed by atoms with Crippen LogP contribution in [0, 0.1) is 5.82 Å². The average Bonchev–Trinajstić information content (AvgIpc) is 2.03. The van der Waals surface area contributed by atoms with Gasteiger partial charge in [-0.1, -0.05) is 43.5 Å². The van der Waals surface area contributed by atoms with Crippen molar-refractivity contribution in [1.29, 1.82) is 0 Å². The first kappa shape index (κ1) is 10.5. The number of hydrogen-bond donors (Lipinski definition) is 0. The maximum absolute atomic E-state index is 13.2. The molecule has 0 bridgehead atoms. The maximum Gasteiger partial charge on any atom is 0.129 e. The lowest BCUT2D eigenvalue weighted by molar-refractivity contribution is 0.616. The Bertz CT molecular complexity index is 289. The third-order valence-corrected chi connectivity index (χ3v) is 2.91. The van der Waals surface area contributed by atoms with Crippen molar-refractivity contribution in [1.82, 2.24) is 0 Å². The van der Waals surface area contributed by atoms with Gasteiger partial charge in [-0.15, -0.1) is 0 Å². The van der Waals surface area contributed by atoms with Crippen LogP contribution in [-0.4, -0.2) is 0 Å². The molecule has 0 amide bonds. The van der Waals surface area contributed by atoms with Crippen LogP contribution in [0.15, 0.2) is 12.1 Å². The summed E-state index contributed by atoms with van der Waals surface area (Å²) < 4.78 is 13.2. The molecule has 0 spiro atoms. The van der Waals surface area contributed by atoms with Crippen molar-refractivity contribution in [3.8, 4) is 0 Å². The summed E-state index contributed by atoms with van der Waals surface area (Å²) in [5, 5.41) is 1.56. The monoisotopic (exact) mass is 314 g/mol. The van der Waals surface area contributed by atoms with Crippen molar-refractivity contribution in [3.05, 3.63) is 34.1 Å². The summed E-state index contributed by atoms with van der Waals surface area (Å²) in [6.45, 7) is 0. The Morgan fingerprint density at radius 1 is 1.25 bits per heavy atom. The van der Waals surface area contributed by atoms with E-state index in [-0.39, 0.29) is 5.82 Å². The smallest absolute Gasteiger partial charge is 0.129 e. The molecule has 0 aliphatic carbocycles. The van der Waals surface area contributed by atoms with Gasteiger partial charge >= 0.3 is 0 Å². The first-order valence-electron chi connectivity index (χ1n) is 3.27. The summed E-state index contributed by atoms with van der Waals surface area (Å²) in [7, 11) is 0. The standard InChI is InChI=1S/C8H6Br2ClF/c9-3-5-1-6(11)2-8(12)7(5)4-10/h1-2H,3-4H2. The van der Waals surface area contributed by atoms with Crippen molar-refractivity contribution in [2.45, 2.75) is 10.7 Å². The summed E-state index contributed by atoms with van der Waals surface area (Å²) >= 11 is 12.2. The number of halogens is 4. The number of alkyl halides is 2. The highest BCUT2D eigenvalue weighted by Crippen LogP contribution is 2.23. The van der Waals surface area contributed by atoms with Crippen LogP contribution < -0.4 is 0 Å². The van der Waals surface area contributed by atoms with Crippen molar-refractivity contribution in [3.63, 3.8) is 0 Å². The Hall–Kier alpha value is 0.400. The fourth-order valence-electron chi connectivity index (χ4n) is 0.926. The van der Waals surface area contributed by atoms with Crippen molar-refractivity contribution in [2.75, 3.05) is 0 Å². The maximum atomic E-state index is 13.2. The van der Waals surface area contributed by atoms with E-state index in [4.69, 9.17) is 11.6 Å². The fourth-order valence-corrected chi connectivity index (χ4v) is 2.28. The van der Waals surface area contributed by atoms with Gasteiger partial charge in [0.1, 0.15) is 5.82 Å². The Labute approximate surface area is 92.4 Å². The topological polar surface area (TPSA) is 0 Å². The molecule has 4 heteroatoms. The zero-order chi connectivity index (χ0) is 9.14. The van der Waals surface area contributed by atoms with Crippen LogP contribution >= 0.6 is 43.5 Å². The second-order valence-corrected chi connectivity index (χ2v) is 3.85. The summed E-state index contributed by atoms with van der Waals surface area (Å²) in [6, 6.07) is 3.08. The Morgan fingerprint density at radius 3 is 2.42 bits per heavy atom. The predicted molar refractivity (Wildman–Crippen MR) is 56.7 cm³/mol. The molecule has 0 heterocycles. The summed E-state index contributed by atoms with van der Waals surface area (Å²) in [4.78, 5) is 0. The summed E-state index contributed by atoms with van der Waals surface area (Å²) in [5.74, 6) is -0.256. The lowest BCUT2D eigenvalue weighted by Crippen LogP contribution is -1.93. The second-order valence-electron chi connectivity index (χ2n) is 2.29. The van der Waals surface area contributed by atoms with E-state index >= 15 is 0 Å². The molecule has 1 aromatic carbocycles. The summed E-state index contributed by atoms with van der Waals surface area (Å²) in [5.41, 5.74) is 1.55. The molecule has 0 unspecified atom stereocenters. The summed E-state index contributed by atoms with van der Waals surface area (Å²) in [6.07, 6.45) is 0. The van der Waals surface area contributed by atoms with Gasteiger partial charge in [0.25, 0.3) is 0 Å². The Balaban J connectivity index is 3.24. The number of hydrogen-bond acceptors (Lipinski definition) is 0. The minimum atomic E-state index is -0.256. The van der Waals surface area contributed by atoms with E-state index in [0.717, 1.165) is 5.56 Å². The van der Waals surface area contributed by atoms with Crippen LogP contribution in [0.2, 0.25) is 5.02 Å². The van der Waals surface area contributed by atoms with Crippen molar-refractivity contribution >= 4 is 43.5 Å². The Kier molecular flexibility index (Phi) is 4.00. The average molecular weight is 316 g/mol. The van der Waals surface area contributed by atoms with E-state index < -0.39 is 0 Å². The number of rotatable bonds is 2. The van der Waals surface area contributed by atoms with Crippen LogP contribution in [-0.2, 0) is 10.7 Å².